The molecule has 0 saturated heterocycles. The summed E-state index contributed by atoms with van der Waals surface area (Å²) < 4.78 is 0. The molecule has 1 heterocycles. The van der Waals surface area contributed by atoms with Crippen LogP contribution in [-0.4, -0.2) is 23.3 Å². The van der Waals surface area contributed by atoms with Gasteiger partial charge in [-0.25, -0.2) is 5.48 Å². The Labute approximate surface area is 239 Å². The molecule has 1 saturated carbocycles. The lowest BCUT2D eigenvalue weighted by atomic mass is 9.78. The fraction of sp³-hybridized carbons (Fsp3) is 0.333. The van der Waals surface area contributed by atoms with Crippen LogP contribution in [0.4, 0.5) is 0 Å². The highest BCUT2D eigenvalue weighted by Crippen LogP contribution is 2.46. The van der Waals surface area contributed by atoms with Crippen LogP contribution in [0.25, 0.3) is 0 Å². The number of carbonyl (C=O) groups excluding carboxylic acids is 2. The third-order valence-corrected chi connectivity index (χ3v) is 8.00. The van der Waals surface area contributed by atoms with Gasteiger partial charge < -0.3 is 4.90 Å². The van der Waals surface area contributed by atoms with E-state index in [1.165, 1.54) is 6.42 Å². The van der Waals surface area contributed by atoms with Crippen molar-refractivity contribution < 1.29 is 14.4 Å². The molecular formula is C30H31Cl3N2O3. The Morgan fingerprint density at radius 2 is 1.63 bits per heavy atom. The zero-order valence-corrected chi connectivity index (χ0v) is 23.3. The van der Waals surface area contributed by atoms with E-state index in [-0.39, 0.29) is 30.8 Å². The van der Waals surface area contributed by atoms with Crippen LogP contribution in [0.3, 0.4) is 0 Å². The molecule has 0 bridgehead atoms. The number of hydroxylamine groups is 1. The topological polar surface area (TPSA) is 58.6 Å². The first-order valence-corrected chi connectivity index (χ1v) is 13.6. The maximum atomic E-state index is 13.9. The fourth-order valence-electron chi connectivity index (χ4n) is 5.64. The second-order valence-corrected chi connectivity index (χ2v) is 10.7. The lowest BCUT2D eigenvalue weighted by Gasteiger charge is -2.43. The number of hydrogen-bond acceptors (Lipinski definition) is 3. The number of fused-ring (bicyclic) bond motifs is 1. The lowest BCUT2D eigenvalue weighted by Crippen LogP contribution is -2.49. The molecule has 1 aliphatic carbocycles. The van der Waals surface area contributed by atoms with Crippen molar-refractivity contribution in [2.24, 2.45) is 5.92 Å². The zero-order valence-electron chi connectivity index (χ0n) is 20.9. The summed E-state index contributed by atoms with van der Waals surface area (Å²) in [5.74, 6) is -0.714. The molecule has 0 radical (unpaired) electrons. The molecule has 5 nitrogen and oxygen atoms in total. The molecule has 2 amide bonds. The molecule has 0 unspecified atom stereocenters. The summed E-state index contributed by atoms with van der Waals surface area (Å²) in [6, 6.07) is 21.7. The Kier molecular flexibility index (Phi) is 9.72. The van der Waals surface area contributed by atoms with Gasteiger partial charge in [0.25, 0.3) is 11.8 Å². The Balaban J connectivity index is 0.00000336. The molecule has 8 heteroatoms. The van der Waals surface area contributed by atoms with Crippen molar-refractivity contribution in [3.05, 3.63) is 105 Å². The van der Waals surface area contributed by atoms with Gasteiger partial charge in [-0.05, 0) is 53.6 Å². The first-order valence-electron chi connectivity index (χ1n) is 12.8. The normalized spacial score (nSPS) is 19.4. The SMILES string of the molecule is Cl.O=C(NOCc1ccccc1)[C@@H]1c2ccccc2C(=O)N(CC2CCCCC2)[C@H]1c1ccc(Cl)cc1Cl. The molecule has 3 aromatic rings. The number of carbonyl (C=O) groups is 2. The van der Waals surface area contributed by atoms with Gasteiger partial charge in [-0.1, -0.05) is 97.1 Å². The number of nitrogens with zero attached hydrogens (tertiary/aromatic N) is 1. The van der Waals surface area contributed by atoms with E-state index in [4.69, 9.17) is 28.0 Å². The van der Waals surface area contributed by atoms with Crippen LogP contribution in [0.1, 0.15) is 71.1 Å². The molecule has 1 aliphatic heterocycles. The summed E-state index contributed by atoms with van der Waals surface area (Å²) in [5, 5.41) is 0.934. The number of rotatable bonds is 7. The van der Waals surface area contributed by atoms with Crippen molar-refractivity contribution in [2.75, 3.05) is 6.54 Å². The monoisotopic (exact) mass is 572 g/mol. The van der Waals surface area contributed by atoms with Crippen LogP contribution < -0.4 is 5.48 Å². The minimum absolute atomic E-state index is 0. The minimum Gasteiger partial charge on any atom is -0.330 e. The van der Waals surface area contributed by atoms with Gasteiger partial charge in [0, 0.05) is 22.2 Å². The van der Waals surface area contributed by atoms with Crippen LogP contribution in [0.5, 0.6) is 0 Å². The number of halogens is 3. The lowest BCUT2D eigenvalue weighted by molar-refractivity contribution is -0.138. The first kappa shape index (κ1) is 28.4. The molecule has 38 heavy (non-hydrogen) atoms. The highest BCUT2D eigenvalue weighted by atomic mass is 35.5. The number of nitrogens with one attached hydrogen (secondary N) is 1. The predicted octanol–water partition coefficient (Wildman–Crippen LogP) is 7.52. The summed E-state index contributed by atoms with van der Waals surface area (Å²) in [5.41, 5.74) is 5.52. The Hall–Kier alpha value is -2.57. The molecule has 5 rings (SSSR count). The third kappa shape index (κ3) is 6.18. The third-order valence-electron chi connectivity index (χ3n) is 7.44. The molecule has 2 atom stereocenters. The molecule has 0 spiro atoms. The van der Waals surface area contributed by atoms with Crippen molar-refractivity contribution in [1.82, 2.24) is 10.4 Å². The summed E-state index contributed by atoms with van der Waals surface area (Å²) in [6.07, 6.45) is 5.69. The highest BCUT2D eigenvalue weighted by molar-refractivity contribution is 6.35. The summed E-state index contributed by atoms with van der Waals surface area (Å²) in [4.78, 5) is 35.2. The Morgan fingerprint density at radius 3 is 2.37 bits per heavy atom. The van der Waals surface area contributed by atoms with Gasteiger partial charge in [0.05, 0.1) is 18.6 Å². The first-order chi connectivity index (χ1) is 18.0. The summed E-state index contributed by atoms with van der Waals surface area (Å²) in [7, 11) is 0. The van der Waals surface area contributed by atoms with Gasteiger partial charge in [0.1, 0.15) is 0 Å². The van der Waals surface area contributed by atoms with E-state index in [1.807, 2.05) is 59.5 Å². The average molecular weight is 574 g/mol. The van der Waals surface area contributed by atoms with Gasteiger partial charge in [-0.15, -0.1) is 12.4 Å². The Bertz CT molecular complexity index is 1260. The summed E-state index contributed by atoms with van der Waals surface area (Å²) >= 11 is 12.9. The van der Waals surface area contributed by atoms with Gasteiger partial charge in [-0.3, -0.25) is 14.4 Å². The van der Waals surface area contributed by atoms with E-state index in [2.05, 4.69) is 5.48 Å². The van der Waals surface area contributed by atoms with Crippen LogP contribution in [0, 0.1) is 5.92 Å². The number of benzene rings is 3. The van der Waals surface area contributed by atoms with Crippen LogP contribution >= 0.6 is 35.6 Å². The summed E-state index contributed by atoms with van der Waals surface area (Å²) in [6.45, 7) is 0.809. The van der Waals surface area contributed by atoms with Gasteiger partial charge >= 0.3 is 0 Å². The van der Waals surface area contributed by atoms with Crippen molar-refractivity contribution in [1.29, 1.82) is 0 Å². The van der Waals surface area contributed by atoms with Crippen molar-refractivity contribution in [2.45, 2.75) is 50.7 Å². The largest absolute Gasteiger partial charge is 0.330 e. The second kappa shape index (κ2) is 13.0. The quantitative estimate of drug-likeness (QED) is 0.297. The standard InChI is InChI=1S/C30H30Cl2N2O3.ClH/c31-22-15-16-25(26(32)17-22)28-27(29(35)33-37-19-21-11-5-2-6-12-21)23-13-7-8-14-24(23)30(36)34(28)18-20-9-3-1-4-10-20;/h2,5-8,11-17,20,27-28H,1,3-4,9-10,18-19H2,(H,33,35);1H/t27-,28+;/m1./s1. The number of hydrogen-bond donors (Lipinski definition) is 1. The van der Waals surface area contributed by atoms with E-state index in [1.54, 1.807) is 18.2 Å². The average Bonchev–Trinajstić information content (AvgIpc) is 2.91. The molecule has 1 fully saturated rings. The van der Waals surface area contributed by atoms with E-state index >= 15 is 0 Å². The van der Waals surface area contributed by atoms with E-state index < -0.39 is 12.0 Å². The zero-order chi connectivity index (χ0) is 25.8. The highest BCUT2D eigenvalue weighted by Gasteiger charge is 2.45. The molecule has 2 aliphatic rings. The second-order valence-electron chi connectivity index (χ2n) is 9.88. The molecule has 0 aromatic heterocycles. The molecule has 3 aromatic carbocycles. The van der Waals surface area contributed by atoms with Gasteiger partial charge in [0.2, 0.25) is 0 Å². The maximum absolute atomic E-state index is 13.9. The van der Waals surface area contributed by atoms with Crippen LogP contribution in [0.2, 0.25) is 10.0 Å². The van der Waals surface area contributed by atoms with Gasteiger partial charge in [0.15, 0.2) is 0 Å². The van der Waals surface area contributed by atoms with E-state index in [9.17, 15) is 9.59 Å². The van der Waals surface area contributed by atoms with Crippen molar-refractivity contribution >= 4 is 47.4 Å². The Morgan fingerprint density at radius 1 is 0.921 bits per heavy atom. The fourth-order valence-corrected chi connectivity index (χ4v) is 6.16. The van der Waals surface area contributed by atoms with Crippen LogP contribution in [0.15, 0.2) is 72.8 Å². The van der Waals surface area contributed by atoms with E-state index in [0.29, 0.717) is 39.2 Å². The number of amides is 2. The smallest absolute Gasteiger partial charge is 0.254 e. The molecule has 200 valence electrons. The molecular weight excluding hydrogens is 543 g/mol. The van der Waals surface area contributed by atoms with E-state index in [0.717, 1.165) is 31.2 Å². The van der Waals surface area contributed by atoms with Crippen molar-refractivity contribution in [3.63, 3.8) is 0 Å². The molecule has 1 N–H and O–H groups in total. The maximum Gasteiger partial charge on any atom is 0.254 e. The predicted molar refractivity (Wildman–Crippen MR) is 153 cm³/mol. The minimum atomic E-state index is -0.702. The van der Waals surface area contributed by atoms with Crippen molar-refractivity contribution in [3.8, 4) is 0 Å². The van der Waals surface area contributed by atoms with Gasteiger partial charge in [-0.2, -0.15) is 0 Å². The van der Waals surface area contributed by atoms with Crippen LogP contribution in [-0.2, 0) is 16.2 Å².